The Morgan fingerprint density at radius 3 is 1.57 bits per heavy atom. The van der Waals surface area contributed by atoms with Gasteiger partial charge >= 0.3 is 16.4 Å². The fraction of sp³-hybridized carbons (Fsp3) is 0.750. The number of carbonyl (C=O) groups is 1. The van der Waals surface area contributed by atoms with Crippen LogP contribution in [0.3, 0.4) is 0 Å². The summed E-state index contributed by atoms with van der Waals surface area (Å²) in [6.45, 7) is 3.84. The van der Waals surface area contributed by atoms with E-state index in [1.54, 1.807) is 0 Å². The van der Waals surface area contributed by atoms with E-state index < -0.39 is 59.8 Å². The molecule has 0 amide bonds. The van der Waals surface area contributed by atoms with Gasteiger partial charge in [-0.1, -0.05) is 170 Å². The van der Waals surface area contributed by atoms with Crippen molar-refractivity contribution in [2.45, 2.75) is 224 Å². The number of rotatable bonds is 43. The fourth-order valence-electron chi connectivity index (χ4n) is 7.28. The third-order valence-electron chi connectivity index (χ3n) is 11.1. The molecular weight excluding hydrogens is 849 g/mol. The molecule has 1 saturated heterocycles. The average molecular weight is 939 g/mol. The second-order valence-electron chi connectivity index (χ2n) is 17.0. The lowest BCUT2D eigenvalue weighted by Crippen LogP contribution is -2.60. The predicted octanol–water partition coefficient (Wildman–Crippen LogP) is 11.5. The number of allylic oxidation sites excluding steroid dienone is 12. The Labute approximate surface area is 394 Å². The van der Waals surface area contributed by atoms with Crippen molar-refractivity contribution in [3.63, 3.8) is 0 Å². The second-order valence-corrected chi connectivity index (χ2v) is 18.1. The summed E-state index contributed by atoms with van der Waals surface area (Å²) in [6, 6.07) is 0. The summed E-state index contributed by atoms with van der Waals surface area (Å²) in [4.78, 5) is 12.9. The van der Waals surface area contributed by atoms with Crippen LogP contribution in [0.5, 0.6) is 0 Å². The minimum Gasteiger partial charge on any atom is -0.457 e. The molecule has 0 saturated carbocycles. The SMILES string of the molecule is CC/C=C\C/C=C\C/C=C\C/C=C\C/C=C\CCCCCCCCCC(=O)OC(COCCCCCCCC/C=C\CCCCCCC)COC1OC(CO)C(O)C(OS(=O)(=O)O)C1O. The van der Waals surface area contributed by atoms with E-state index >= 15 is 0 Å². The van der Waals surface area contributed by atoms with E-state index in [2.05, 4.69) is 90.9 Å². The number of unbranched alkanes of at least 4 members (excludes halogenated alkanes) is 18. The molecule has 4 N–H and O–H groups in total. The molecule has 6 unspecified atom stereocenters. The Hall–Kier alpha value is -2.46. The standard InChI is InChI=1S/C52H90O12S/c1-3-5-7-9-11-13-15-17-19-20-21-22-23-24-25-26-27-29-31-33-35-37-39-41-48(54)62-46(45-61-52-50(56)51(64-65(57,58)59)49(55)47(43-53)63-52)44-60-42-40-38-36-34-32-30-28-18-16-14-12-10-8-6-4-2/h5,7,11,13,16-19,21-22,24-25,46-47,49-53,55-56H,3-4,6,8-10,12,14-15,20,23,26-45H2,1-2H3,(H,57,58,59)/b7-5-,13-11-,18-16-,19-17-,22-21-,25-24-. The first-order valence-corrected chi connectivity index (χ1v) is 26.6. The summed E-state index contributed by atoms with van der Waals surface area (Å²) in [5.41, 5.74) is 0. The molecule has 65 heavy (non-hydrogen) atoms. The van der Waals surface area contributed by atoms with Gasteiger partial charge < -0.3 is 34.3 Å². The zero-order chi connectivity index (χ0) is 47.5. The van der Waals surface area contributed by atoms with E-state index in [-0.39, 0.29) is 19.6 Å². The molecule has 6 atom stereocenters. The first kappa shape index (κ1) is 60.6. The average Bonchev–Trinajstić information content (AvgIpc) is 3.28. The summed E-state index contributed by atoms with van der Waals surface area (Å²) < 4.78 is 59.2. The Bertz CT molecular complexity index is 1410. The van der Waals surface area contributed by atoms with E-state index in [1.165, 1.54) is 70.6 Å². The van der Waals surface area contributed by atoms with E-state index in [1.807, 2.05) is 0 Å². The van der Waals surface area contributed by atoms with Crippen molar-refractivity contribution in [3.8, 4) is 0 Å². The van der Waals surface area contributed by atoms with Gasteiger partial charge in [0.2, 0.25) is 0 Å². The molecule has 12 nitrogen and oxygen atoms in total. The number of hydrogen-bond acceptors (Lipinski definition) is 11. The molecule has 1 aliphatic rings. The zero-order valence-corrected chi connectivity index (χ0v) is 41.1. The summed E-state index contributed by atoms with van der Waals surface area (Å²) in [7, 11) is -5.07. The molecule has 0 aromatic rings. The molecule has 0 spiro atoms. The first-order chi connectivity index (χ1) is 31.6. The van der Waals surface area contributed by atoms with Crippen LogP contribution in [0.15, 0.2) is 72.9 Å². The van der Waals surface area contributed by atoms with Crippen molar-refractivity contribution < 1.29 is 56.2 Å². The number of esters is 1. The molecule has 1 aliphatic heterocycles. The van der Waals surface area contributed by atoms with Gasteiger partial charge in [-0.25, -0.2) is 4.18 Å². The first-order valence-electron chi connectivity index (χ1n) is 25.2. The number of aliphatic hydroxyl groups is 3. The molecule has 0 aliphatic carbocycles. The maximum atomic E-state index is 12.9. The van der Waals surface area contributed by atoms with Gasteiger partial charge in [0.05, 0.1) is 19.8 Å². The summed E-state index contributed by atoms with van der Waals surface area (Å²) in [6.07, 6.45) is 46.4. The van der Waals surface area contributed by atoms with Gasteiger partial charge in [0, 0.05) is 13.0 Å². The van der Waals surface area contributed by atoms with E-state index in [4.69, 9.17) is 18.9 Å². The highest BCUT2D eigenvalue weighted by atomic mass is 32.3. The van der Waals surface area contributed by atoms with Crippen LogP contribution in [0.2, 0.25) is 0 Å². The lowest BCUT2D eigenvalue weighted by atomic mass is 9.99. The largest absolute Gasteiger partial charge is 0.457 e. The van der Waals surface area contributed by atoms with Crippen molar-refractivity contribution in [3.05, 3.63) is 72.9 Å². The minimum atomic E-state index is -5.07. The van der Waals surface area contributed by atoms with Gasteiger partial charge in [-0.3, -0.25) is 9.35 Å². The van der Waals surface area contributed by atoms with Crippen LogP contribution in [-0.4, -0.2) is 97.5 Å². The van der Waals surface area contributed by atoms with E-state index in [0.29, 0.717) is 13.0 Å². The number of ether oxygens (including phenoxy) is 4. The smallest absolute Gasteiger partial charge is 0.397 e. The van der Waals surface area contributed by atoms with E-state index in [0.717, 1.165) is 89.9 Å². The highest BCUT2D eigenvalue weighted by molar-refractivity contribution is 7.80. The highest BCUT2D eigenvalue weighted by Crippen LogP contribution is 2.26. The molecule has 1 rings (SSSR count). The van der Waals surface area contributed by atoms with Crippen LogP contribution in [-0.2, 0) is 38.3 Å². The highest BCUT2D eigenvalue weighted by Gasteiger charge is 2.48. The van der Waals surface area contributed by atoms with Gasteiger partial charge in [-0.15, -0.1) is 0 Å². The maximum Gasteiger partial charge on any atom is 0.397 e. The monoisotopic (exact) mass is 939 g/mol. The van der Waals surface area contributed by atoms with Gasteiger partial charge in [-0.2, -0.15) is 8.42 Å². The normalized spacial score (nSPS) is 20.2. The minimum absolute atomic E-state index is 0.0239. The quantitative estimate of drug-likeness (QED) is 0.0197. The van der Waals surface area contributed by atoms with Gasteiger partial charge in [-0.05, 0) is 83.5 Å². The summed E-state index contributed by atoms with van der Waals surface area (Å²) >= 11 is 0. The van der Waals surface area contributed by atoms with Gasteiger partial charge in [0.25, 0.3) is 0 Å². The Morgan fingerprint density at radius 2 is 1.06 bits per heavy atom. The molecule has 1 heterocycles. The van der Waals surface area contributed by atoms with Crippen LogP contribution in [0.1, 0.15) is 187 Å². The molecule has 0 radical (unpaired) electrons. The fourth-order valence-corrected chi connectivity index (χ4v) is 7.79. The molecular formula is C52H90O12S. The van der Waals surface area contributed by atoms with Gasteiger partial charge in [0.1, 0.15) is 30.5 Å². The second kappa shape index (κ2) is 42.9. The number of carbonyl (C=O) groups excluding carboxylic acids is 1. The number of hydrogen-bond donors (Lipinski definition) is 4. The van der Waals surface area contributed by atoms with E-state index in [9.17, 15) is 33.1 Å². The van der Waals surface area contributed by atoms with Gasteiger partial charge in [0.15, 0.2) is 6.29 Å². The summed E-state index contributed by atoms with van der Waals surface area (Å²) in [5.74, 6) is -0.414. The van der Waals surface area contributed by atoms with Crippen LogP contribution in [0, 0.1) is 0 Å². The molecule has 0 aromatic heterocycles. The lowest BCUT2D eigenvalue weighted by molar-refractivity contribution is -0.301. The Kier molecular flexibility index (Phi) is 39.9. The predicted molar refractivity (Wildman–Crippen MR) is 262 cm³/mol. The molecule has 376 valence electrons. The van der Waals surface area contributed by atoms with Crippen molar-refractivity contribution in [2.75, 3.05) is 26.4 Å². The van der Waals surface area contributed by atoms with Crippen molar-refractivity contribution in [1.82, 2.24) is 0 Å². The van der Waals surface area contributed by atoms with Crippen LogP contribution in [0.25, 0.3) is 0 Å². The third kappa shape index (κ3) is 36.3. The molecule has 13 heteroatoms. The Balaban J connectivity index is 2.38. The summed E-state index contributed by atoms with van der Waals surface area (Å²) in [5, 5.41) is 30.7. The van der Waals surface area contributed by atoms with Crippen molar-refractivity contribution >= 4 is 16.4 Å². The lowest BCUT2D eigenvalue weighted by Gasteiger charge is -2.41. The van der Waals surface area contributed by atoms with Crippen LogP contribution in [0.4, 0.5) is 0 Å². The van der Waals surface area contributed by atoms with Crippen molar-refractivity contribution in [2.24, 2.45) is 0 Å². The Morgan fingerprint density at radius 1 is 0.600 bits per heavy atom. The zero-order valence-electron chi connectivity index (χ0n) is 40.3. The topological polar surface area (TPSA) is 178 Å². The molecule has 0 aromatic carbocycles. The van der Waals surface area contributed by atoms with Crippen LogP contribution < -0.4 is 0 Å². The van der Waals surface area contributed by atoms with Crippen LogP contribution >= 0.6 is 0 Å². The maximum absolute atomic E-state index is 12.9. The molecule has 1 fully saturated rings. The van der Waals surface area contributed by atoms with Crippen molar-refractivity contribution in [1.29, 1.82) is 0 Å². The molecule has 0 bridgehead atoms. The third-order valence-corrected chi connectivity index (χ3v) is 11.5. The number of aliphatic hydroxyl groups excluding tert-OH is 3.